The molecule has 106 valence electrons. The Hall–Kier alpha value is -1.77. The summed E-state index contributed by atoms with van der Waals surface area (Å²) in [5.41, 5.74) is 5.08. The molecule has 1 aromatic carbocycles. The van der Waals surface area contributed by atoms with Gasteiger partial charge in [-0.1, -0.05) is 25.5 Å². The predicted molar refractivity (Wildman–Crippen MR) is 81.6 cm³/mol. The van der Waals surface area contributed by atoms with Crippen LogP contribution in [-0.2, 0) is 17.8 Å². The van der Waals surface area contributed by atoms with Gasteiger partial charge in [0.05, 0.1) is 0 Å². The summed E-state index contributed by atoms with van der Waals surface area (Å²) >= 11 is 0. The van der Waals surface area contributed by atoms with Gasteiger partial charge in [-0.3, -0.25) is 4.79 Å². The minimum Gasteiger partial charge on any atom is -0.358 e. The molecule has 0 fully saturated rings. The monoisotopic (exact) mass is 270 g/mol. The third-order valence-corrected chi connectivity index (χ3v) is 4.07. The highest BCUT2D eigenvalue weighted by atomic mass is 16.2. The van der Waals surface area contributed by atoms with Gasteiger partial charge in [-0.15, -0.1) is 0 Å². The minimum atomic E-state index is 0.285. The van der Waals surface area contributed by atoms with Crippen molar-refractivity contribution >= 4 is 16.8 Å². The number of rotatable bonds is 2. The Morgan fingerprint density at radius 2 is 2.20 bits per heavy atom. The van der Waals surface area contributed by atoms with Crippen molar-refractivity contribution in [2.75, 3.05) is 6.54 Å². The second-order valence-electron chi connectivity index (χ2n) is 6.29. The normalized spacial score (nSPS) is 14.9. The SMILES string of the molecule is Cc1ccc2[nH]c3c(c2c1)CN(C(=O)CC(C)C)CC3. The number of benzene rings is 1. The first-order valence-corrected chi connectivity index (χ1v) is 7.42. The molecule has 3 rings (SSSR count). The number of H-pyrrole nitrogens is 1. The standard InChI is InChI=1S/C17H22N2O/c1-11(2)8-17(20)19-7-6-16-14(10-19)13-9-12(3)4-5-15(13)18-16/h4-5,9,11,18H,6-8,10H2,1-3H3. The molecule has 0 saturated heterocycles. The molecule has 0 saturated carbocycles. The van der Waals surface area contributed by atoms with Gasteiger partial charge in [-0.25, -0.2) is 0 Å². The van der Waals surface area contributed by atoms with Gasteiger partial charge >= 0.3 is 0 Å². The summed E-state index contributed by atoms with van der Waals surface area (Å²) in [5.74, 6) is 0.710. The maximum Gasteiger partial charge on any atom is 0.223 e. The summed E-state index contributed by atoms with van der Waals surface area (Å²) in [5, 5.41) is 1.28. The number of aromatic amines is 1. The largest absolute Gasteiger partial charge is 0.358 e. The molecule has 0 spiro atoms. The van der Waals surface area contributed by atoms with Crippen LogP contribution in [0.1, 0.15) is 37.1 Å². The van der Waals surface area contributed by atoms with Gasteiger partial charge < -0.3 is 9.88 Å². The molecule has 3 nitrogen and oxygen atoms in total. The van der Waals surface area contributed by atoms with E-state index in [2.05, 4.69) is 44.0 Å². The summed E-state index contributed by atoms with van der Waals surface area (Å²) in [6.45, 7) is 7.91. The maximum absolute atomic E-state index is 12.3. The second-order valence-corrected chi connectivity index (χ2v) is 6.29. The van der Waals surface area contributed by atoms with Crippen LogP contribution in [0.4, 0.5) is 0 Å². The number of amides is 1. The zero-order valence-corrected chi connectivity index (χ0v) is 12.5. The maximum atomic E-state index is 12.3. The first-order chi connectivity index (χ1) is 9.54. The molecule has 20 heavy (non-hydrogen) atoms. The molecule has 1 aliphatic rings. The molecule has 0 radical (unpaired) electrons. The van der Waals surface area contributed by atoms with Gasteiger partial charge in [0.2, 0.25) is 5.91 Å². The smallest absolute Gasteiger partial charge is 0.223 e. The highest BCUT2D eigenvalue weighted by molar-refractivity contribution is 5.86. The Bertz CT molecular complexity index is 654. The minimum absolute atomic E-state index is 0.285. The Morgan fingerprint density at radius 1 is 1.40 bits per heavy atom. The number of nitrogens with zero attached hydrogens (tertiary/aromatic N) is 1. The summed E-state index contributed by atoms with van der Waals surface area (Å²) in [6.07, 6.45) is 1.59. The molecule has 0 aliphatic carbocycles. The van der Waals surface area contributed by atoms with Crippen molar-refractivity contribution in [1.29, 1.82) is 0 Å². The van der Waals surface area contributed by atoms with Crippen LogP contribution in [0.15, 0.2) is 18.2 Å². The van der Waals surface area contributed by atoms with Crippen molar-refractivity contribution in [1.82, 2.24) is 9.88 Å². The highest BCUT2D eigenvalue weighted by Crippen LogP contribution is 2.28. The Labute approximate surface area is 120 Å². The zero-order chi connectivity index (χ0) is 14.3. The number of aromatic nitrogens is 1. The van der Waals surface area contributed by atoms with Gasteiger partial charge in [-0.2, -0.15) is 0 Å². The van der Waals surface area contributed by atoms with E-state index in [1.54, 1.807) is 0 Å². The number of carbonyl (C=O) groups is 1. The second kappa shape index (κ2) is 4.97. The van der Waals surface area contributed by atoms with E-state index in [0.29, 0.717) is 12.3 Å². The molecule has 1 N–H and O–H groups in total. The van der Waals surface area contributed by atoms with Crippen molar-refractivity contribution in [3.63, 3.8) is 0 Å². The van der Waals surface area contributed by atoms with E-state index >= 15 is 0 Å². The Balaban J connectivity index is 1.92. The lowest BCUT2D eigenvalue weighted by Crippen LogP contribution is -2.36. The highest BCUT2D eigenvalue weighted by Gasteiger charge is 2.24. The van der Waals surface area contributed by atoms with Gasteiger partial charge in [0.25, 0.3) is 0 Å². The number of fused-ring (bicyclic) bond motifs is 3. The van der Waals surface area contributed by atoms with Crippen molar-refractivity contribution in [3.8, 4) is 0 Å². The first kappa shape index (κ1) is 13.2. The number of carbonyl (C=O) groups excluding carboxylic acids is 1. The van der Waals surface area contributed by atoms with Crippen LogP contribution in [0.25, 0.3) is 10.9 Å². The topological polar surface area (TPSA) is 36.1 Å². The number of hydrogen-bond donors (Lipinski definition) is 1. The van der Waals surface area contributed by atoms with Crippen LogP contribution in [-0.4, -0.2) is 22.3 Å². The Morgan fingerprint density at radius 3 is 2.95 bits per heavy atom. The van der Waals surface area contributed by atoms with Crippen molar-refractivity contribution < 1.29 is 4.79 Å². The van der Waals surface area contributed by atoms with Crippen LogP contribution in [0.2, 0.25) is 0 Å². The van der Waals surface area contributed by atoms with E-state index in [0.717, 1.165) is 19.5 Å². The average molecular weight is 270 g/mol. The number of nitrogens with one attached hydrogen (secondary N) is 1. The number of aryl methyl sites for hydroxylation is 1. The molecular weight excluding hydrogens is 248 g/mol. The van der Waals surface area contributed by atoms with E-state index in [9.17, 15) is 4.79 Å². The van der Waals surface area contributed by atoms with Crippen molar-refractivity contribution in [3.05, 3.63) is 35.0 Å². The summed E-state index contributed by atoms with van der Waals surface area (Å²) in [7, 11) is 0. The van der Waals surface area contributed by atoms with Crippen LogP contribution in [0.5, 0.6) is 0 Å². The number of hydrogen-bond acceptors (Lipinski definition) is 1. The fourth-order valence-electron chi connectivity index (χ4n) is 3.02. The third-order valence-electron chi connectivity index (χ3n) is 4.07. The molecule has 2 heterocycles. The quantitative estimate of drug-likeness (QED) is 0.892. The summed E-state index contributed by atoms with van der Waals surface area (Å²) in [4.78, 5) is 17.8. The first-order valence-electron chi connectivity index (χ1n) is 7.42. The molecular formula is C17H22N2O. The van der Waals surface area contributed by atoms with Crippen LogP contribution < -0.4 is 0 Å². The molecule has 0 bridgehead atoms. The van der Waals surface area contributed by atoms with Crippen molar-refractivity contribution in [2.24, 2.45) is 5.92 Å². The lowest BCUT2D eigenvalue weighted by molar-refractivity contribution is -0.132. The van der Waals surface area contributed by atoms with Crippen LogP contribution >= 0.6 is 0 Å². The fraction of sp³-hybridized carbons (Fsp3) is 0.471. The fourth-order valence-corrected chi connectivity index (χ4v) is 3.02. The van der Waals surface area contributed by atoms with Crippen LogP contribution in [0.3, 0.4) is 0 Å². The zero-order valence-electron chi connectivity index (χ0n) is 12.5. The van der Waals surface area contributed by atoms with E-state index in [1.165, 1.54) is 27.7 Å². The molecule has 2 aromatic rings. The van der Waals surface area contributed by atoms with Gasteiger partial charge in [0.1, 0.15) is 0 Å². The lowest BCUT2D eigenvalue weighted by atomic mass is 10.0. The molecule has 1 aromatic heterocycles. The Kier molecular flexibility index (Phi) is 3.28. The van der Waals surface area contributed by atoms with E-state index in [-0.39, 0.29) is 5.91 Å². The molecule has 1 aliphatic heterocycles. The lowest BCUT2D eigenvalue weighted by Gasteiger charge is -2.28. The molecule has 0 unspecified atom stereocenters. The van der Waals surface area contributed by atoms with E-state index < -0.39 is 0 Å². The molecule has 1 amide bonds. The third kappa shape index (κ3) is 2.33. The average Bonchev–Trinajstić information content (AvgIpc) is 2.75. The van der Waals surface area contributed by atoms with E-state index in [4.69, 9.17) is 0 Å². The van der Waals surface area contributed by atoms with Gasteiger partial charge in [-0.05, 0) is 25.0 Å². The molecule has 3 heteroatoms. The van der Waals surface area contributed by atoms with Crippen molar-refractivity contribution in [2.45, 2.75) is 40.2 Å². The van der Waals surface area contributed by atoms with Gasteiger partial charge in [0.15, 0.2) is 0 Å². The predicted octanol–water partition coefficient (Wildman–Crippen LogP) is 3.41. The van der Waals surface area contributed by atoms with E-state index in [1.807, 2.05) is 4.90 Å². The van der Waals surface area contributed by atoms with Crippen LogP contribution in [0, 0.1) is 12.8 Å². The summed E-state index contributed by atoms with van der Waals surface area (Å²) in [6, 6.07) is 6.50. The molecule has 0 atom stereocenters. The summed E-state index contributed by atoms with van der Waals surface area (Å²) < 4.78 is 0. The van der Waals surface area contributed by atoms with Gasteiger partial charge in [0, 0.05) is 48.1 Å².